The fraction of sp³-hybridized carbons (Fsp3) is 0.533. The van der Waals surface area contributed by atoms with Gasteiger partial charge in [-0.1, -0.05) is 6.07 Å². The van der Waals surface area contributed by atoms with E-state index in [4.69, 9.17) is 5.73 Å². The molecule has 0 saturated carbocycles. The lowest BCUT2D eigenvalue weighted by Crippen LogP contribution is -2.47. The van der Waals surface area contributed by atoms with Gasteiger partial charge in [-0.3, -0.25) is 4.79 Å². The number of carbonyl (C=O) groups excluding carboxylic acids is 2. The second kappa shape index (κ2) is 7.11. The summed E-state index contributed by atoms with van der Waals surface area (Å²) in [4.78, 5) is 31.3. The van der Waals surface area contributed by atoms with E-state index in [1.54, 1.807) is 6.20 Å². The number of nitrogens with zero attached hydrogens (tertiary/aromatic N) is 3. The first-order chi connectivity index (χ1) is 10.5. The fourth-order valence-corrected chi connectivity index (χ4v) is 2.69. The molecular weight excluding hydrogens is 282 g/mol. The van der Waals surface area contributed by atoms with Gasteiger partial charge < -0.3 is 20.9 Å². The summed E-state index contributed by atoms with van der Waals surface area (Å²) >= 11 is 0. The summed E-state index contributed by atoms with van der Waals surface area (Å²) in [6.45, 7) is 1.45. The minimum Gasteiger partial charge on any atom is -0.362 e. The molecule has 1 aromatic heterocycles. The number of likely N-dealkylation sites (tertiary alicyclic amines) is 1. The Morgan fingerprint density at radius 3 is 2.95 bits per heavy atom. The number of amides is 3. The maximum Gasteiger partial charge on any atom is 0.314 e. The van der Waals surface area contributed by atoms with E-state index < -0.39 is 6.03 Å². The first-order valence-corrected chi connectivity index (χ1v) is 7.42. The van der Waals surface area contributed by atoms with Crippen molar-refractivity contribution in [2.45, 2.75) is 19.4 Å². The number of primary amides is 1. The number of hydrogen-bond donors (Lipinski definition) is 2. The molecule has 1 aromatic rings. The number of hydrogen-bond acceptors (Lipinski definition) is 4. The van der Waals surface area contributed by atoms with Gasteiger partial charge in [-0.05, 0) is 18.9 Å². The summed E-state index contributed by atoms with van der Waals surface area (Å²) in [6.07, 6.45) is 3.31. The van der Waals surface area contributed by atoms with E-state index >= 15 is 0 Å². The molecule has 7 heteroatoms. The quantitative estimate of drug-likeness (QED) is 0.850. The SMILES string of the molecule is CN(C)c1ncccc1CNC(=O)[C@@H]1CCCN(C(N)=O)C1. The van der Waals surface area contributed by atoms with Gasteiger partial charge in [0, 0.05) is 45.5 Å². The molecule has 3 amide bonds. The van der Waals surface area contributed by atoms with Crippen LogP contribution in [0.1, 0.15) is 18.4 Å². The first kappa shape index (κ1) is 16.1. The summed E-state index contributed by atoms with van der Waals surface area (Å²) in [6, 6.07) is 3.34. The van der Waals surface area contributed by atoms with Gasteiger partial charge in [0.05, 0.1) is 5.92 Å². The van der Waals surface area contributed by atoms with Crippen LogP contribution in [0.5, 0.6) is 0 Å². The van der Waals surface area contributed by atoms with Gasteiger partial charge in [-0.25, -0.2) is 9.78 Å². The van der Waals surface area contributed by atoms with Crippen molar-refractivity contribution in [1.29, 1.82) is 0 Å². The van der Waals surface area contributed by atoms with E-state index in [0.29, 0.717) is 19.6 Å². The monoisotopic (exact) mass is 305 g/mol. The van der Waals surface area contributed by atoms with Gasteiger partial charge >= 0.3 is 6.03 Å². The molecule has 2 heterocycles. The number of pyridine rings is 1. The van der Waals surface area contributed by atoms with Crippen LogP contribution in [0, 0.1) is 5.92 Å². The Kier molecular flexibility index (Phi) is 5.19. The predicted molar refractivity (Wildman–Crippen MR) is 84.3 cm³/mol. The van der Waals surface area contributed by atoms with Crippen molar-refractivity contribution in [1.82, 2.24) is 15.2 Å². The molecule has 3 N–H and O–H groups in total. The van der Waals surface area contributed by atoms with Gasteiger partial charge in [0.15, 0.2) is 0 Å². The number of aromatic nitrogens is 1. The third-order valence-electron chi connectivity index (χ3n) is 3.85. The summed E-state index contributed by atoms with van der Waals surface area (Å²) in [5, 5.41) is 2.94. The van der Waals surface area contributed by atoms with E-state index in [1.165, 1.54) is 4.90 Å². The maximum absolute atomic E-state index is 12.3. The number of anilines is 1. The summed E-state index contributed by atoms with van der Waals surface area (Å²) in [5.74, 6) is 0.602. The molecule has 0 radical (unpaired) electrons. The van der Waals surface area contributed by atoms with Crippen LogP contribution in [-0.2, 0) is 11.3 Å². The zero-order valence-corrected chi connectivity index (χ0v) is 13.1. The Balaban J connectivity index is 1.94. The lowest BCUT2D eigenvalue weighted by molar-refractivity contribution is -0.126. The fourth-order valence-electron chi connectivity index (χ4n) is 2.69. The Hall–Kier alpha value is -2.31. The molecule has 0 spiro atoms. The molecule has 0 aliphatic carbocycles. The Morgan fingerprint density at radius 1 is 1.50 bits per heavy atom. The highest BCUT2D eigenvalue weighted by molar-refractivity contribution is 5.80. The number of urea groups is 1. The van der Waals surface area contributed by atoms with Gasteiger partial charge in [0.1, 0.15) is 5.82 Å². The minimum absolute atomic E-state index is 0.0421. The van der Waals surface area contributed by atoms with Gasteiger partial charge in [-0.15, -0.1) is 0 Å². The molecule has 0 bridgehead atoms. The summed E-state index contributed by atoms with van der Waals surface area (Å²) in [5.41, 5.74) is 6.25. The maximum atomic E-state index is 12.3. The Morgan fingerprint density at radius 2 is 2.27 bits per heavy atom. The molecule has 1 atom stereocenters. The summed E-state index contributed by atoms with van der Waals surface area (Å²) < 4.78 is 0. The number of rotatable bonds is 4. The van der Waals surface area contributed by atoms with Gasteiger partial charge in [-0.2, -0.15) is 0 Å². The molecule has 1 aliphatic rings. The minimum atomic E-state index is -0.459. The smallest absolute Gasteiger partial charge is 0.314 e. The van der Waals surface area contributed by atoms with Crippen LogP contribution in [-0.4, -0.2) is 49.0 Å². The highest BCUT2D eigenvalue weighted by Crippen LogP contribution is 2.18. The topological polar surface area (TPSA) is 91.6 Å². The second-order valence-corrected chi connectivity index (χ2v) is 5.72. The molecule has 1 saturated heterocycles. The van der Waals surface area contributed by atoms with Crippen LogP contribution in [0.4, 0.5) is 10.6 Å². The van der Waals surface area contributed by atoms with Crippen LogP contribution in [0.3, 0.4) is 0 Å². The van der Waals surface area contributed by atoms with Crippen molar-refractivity contribution >= 4 is 17.8 Å². The van der Waals surface area contributed by atoms with Crippen LogP contribution in [0.15, 0.2) is 18.3 Å². The lowest BCUT2D eigenvalue weighted by Gasteiger charge is -2.30. The third-order valence-corrected chi connectivity index (χ3v) is 3.85. The summed E-state index contributed by atoms with van der Waals surface area (Å²) in [7, 11) is 3.83. The molecule has 7 nitrogen and oxygen atoms in total. The first-order valence-electron chi connectivity index (χ1n) is 7.42. The third kappa shape index (κ3) is 3.87. The Labute approximate surface area is 130 Å². The number of piperidine rings is 1. The lowest BCUT2D eigenvalue weighted by atomic mass is 9.97. The van der Waals surface area contributed by atoms with E-state index in [1.807, 2.05) is 31.1 Å². The van der Waals surface area contributed by atoms with Crippen molar-refractivity contribution in [3.63, 3.8) is 0 Å². The van der Waals surface area contributed by atoms with Crippen molar-refractivity contribution in [3.05, 3.63) is 23.9 Å². The average molecular weight is 305 g/mol. The van der Waals surface area contributed by atoms with E-state index in [9.17, 15) is 9.59 Å². The van der Waals surface area contributed by atoms with Crippen molar-refractivity contribution in [2.75, 3.05) is 32.1 Å². The van der Waals surface area contributed by atoms with Crippen LogP contribution < -0.4 is 16.0 Å². The molecule has 1 aliphatic heterocycles. The number of nitrogens with one attached hydrogen (secondary N) is 1. The van der Waals surface area contributed by atoms with Gasteiger partial charge in [0.2, 0.25) is 5.91 Å². The van der Waals surface area contributed by atoms with Gasteiger partial charge in [0.25, 0.3) is 0 Å². The normalized spacial score (nSPS) is 17.9. The van der Waals surface area contributed by atoms with Crippen LogP contribution in [0.2, 0.25) is 0 Å². The number of carbonyl (C=O) groups is 2. The largest absolute Gasteiger partial charge is 0.362 e. The van der Waals surface area contributed by atoms with Crippen molar-refractivity contribution in [2.24, 2.45) is 11.7 Å². The molecule has 1 fully saturated rings. The highest BCUT2D eigenvalue weighted by Gasteiger charge is 2.27. The second-order valence-electron chi connectivity index (χ2n) is 5.72. The zero-order valence-electron chi connectivity index (χ0n) is 13.1. The molecule has 2 rings (SSSR count). The average Bonchev–Trinajstić information content (AvgIpc) is 2.52. The van der Waals surface area contributed by atoms with Crippen molar-refractivity contribution < 1.29 is 9.59 Å². The van der Waals surface area contributed by atoms with E-state index in [0.717, 1.165) is 24.2 Å². The molecule has 22 heavy (non-hydrogen) atoms. The predicted octanol–water partition coefficient (Wildman–Crippen LogP) is 0.555. The van der Waals surface area contributed by atoms with E-state index in [-0.39, 0.29) is 11.8 Å². The van der Waals surface area contributed by atoms with Crippen molar-refractivity contribution in [3.8, 4) is 0 Å². The number of nitrogens with two attached hydrogens (primary N) is 1. The van der Waals surface area contributed by atoms with Crippen LogP contribution in [0.25, 0.3) is 0 Å². The standard InChI is InChI=1S/C15H23N5O2/c1-19(2)13-11(5-3-7-17-13)9-18-14(21)12-6-4-8-20(10-12)15(16)22/h3,5,7,12H,4,6,8-10H2,1-2H3,(H2,16,22)(H,18,21)/t12-/m1/s1. The Bertz CT molecular complexity index is 546. The molecule has 0 unspecified atom stereocenters. The molecule has 0 aromatic carbocycles. The zero-order chi connectivity index (χ0) is 16.1. The van der Waals surface area contributed by atoms with Crippen LogP contribution >= 0.6 is 0 Å². The molecule has 120 valence electrons. The van der Waals surface area contributed by atoms with E-state index in [2.05, 4.69) is 10.3 Å². The molecular formula is C15H23N5O2. The highest BCUT2D eigenvalue weighted by atomic mass is 16.2.